The number of ketones is 1. The third-order valence-electron chi connectivity index (χ3n) is 3.78. The molecule has 0 radical (unpaired) electrons. The number of benzene rings is 2. The van der Waals surface area contributed by atoms with Gasteiger partial charge in [0.1, 0.15) is 11.5 Å². The van der Waals surface area contributed by atoms with Crippen molar-refractivity contribution in [3.05, 3.63) is 58.7 Å². The van der Waals surface area contributed by atoms with Gasteiger partial charge in [-0.1, -0.05) is 0 Å². The largest absolute Gasteiger partial charge is 0.497 e. The molecular weight excluding hydrogens is 252 g/mol. The predicted molar refractivity (Wildman–Crippen MR) is 76.8 cm³/mol. The molecule has 0 unspecified atom stereocenters. The van der Waals surface area contributed by atoms with Crippen LogP contribution in [0.25, 0.3) is 0 Å². The van der Waals surface area contributed by atoms with Crippen molar-refractivity contribution in [2.45, 2.75) is 12.8 Å². The van der Waals surface area contributed by atoms with E-state index in [1.165, 1.54) is 0 Å². The van der Waals surface area contributed by atoms with Crippen molar-refractivity contribution in [3.63, 3.8) is 0 Å². The first-order valence-electron chi connectivity index (χ1n) is 6.61. The van der Waals surface area contributed by atoms with Crippen molar-refractivity contribution in [1.82, 2.24) is 0 Å². The van der Waals surface area contributed by atoms with Crippen LogP contribution in [0.1, 0.15) is 27.0 Å². The quantitative estimate of drug-likeness (QED) is 0.839. The molecule has 0 saturated carbocycles. The molecule has 0 aromatic heterocycles. The lowest BCUT2D eigenvalue weighted by Gasteiger charge is -2.08. The second-order valence-electron chi connectivity index (χ2n) is 4.88. The summed E-state index contributed by atoms with van der Waals surface area (Å²) in [6.07, 6.45) is 1.66. The van der Waals surface area contributed by atoms with Crippen LogP contribution >= 0.6 is 0 Å². The summed E-state index contributed by atoms with van der Waals surface area (Å²) in [4.78, 5) is 12.6. The van der Waals surface area contributed by atoms with E-state index in [1.54, 1.807) is 14.2 Å². The van der Waals surface area contributed by atoms with Crippen molar-refractivity contribution < 1.29 is 14.3 Å². The lowest BCUT2D eigenvalue weighted by Crippen LogP contribution is -2.04. The maximum atomic E-state index is 12.6. The lowest BCUT2D eigenvalue weighted by atomic mass is 9.98. The summed E-state index contributed by atoms with van der Waals surface area (Å²) in [6.45, 7) is 0. The Kier molecular flexibility index (Phi) is 3.18. The molecule has 0 saturated heterocycles. The normalized spacial score (nSPS) is 13.2. The minimum Gasteiger partial charge on any atom is -0.497 e. The fraction of sp³-hybridized carbons (Fsp3) is 0.235. The highest BCUT2D eigenvalue weighted by Gasteiger charge is 2.21. The van der Waals surface area contributed by atoms with Gasteiger partial charge in [-0.2, -0.15) is 0 Å². The van der Waals surface area contributed by atoms with E-state index in [4.69, 9.17) is 9.47 Å². The van der Waals surface area contributed by atoms with E-state index in [0.29, 0.717) is 0 Å². The highest BCUT2D eigenvalue weighted by atomic mass is 16.5. The summed E-state index contributed by atoms with van der Waals surface area (Å²) in [5.74, 6) is 1.66. The number of hydrogen-bond acceptors (Lipinski definition) is 3. The smallest absolute Gasteiger partial charge is 0.193 e. The van der Waals surface area contributed by atoms with E-state index < -0.39 is 0 Å². The Morgan fingerprint density at radius 2 is 1.25 bits per heavy atom. The summed E-state index contributed by atoms with van der Waals surface area (Å²) >= 11 is 0. The van der Waals surface area contributed by atoms with E-state index in [2.05, 4.69) is 0 Å². The molecule has 1 aliphatic rings. The molecule has 2 aromatic carbocycles. The summed E-state index contributed by atoms with van der Waals surface area (Å²) in [5.41, 5.74) is 3.64. The van der Waals surface area contributed by atoms with Gasteiger partial charge in [-0.05, 0) is 60.4 Å². The van der Waals surface area contributed by atoms with Crippen LogP contribution < -0.4 is 9.47 Å². The second-order valence-corrected chi connectivity index (χ2v) is 4.88. The van der Waals surface area contributed by atoms with Gasteiger partial charge in [0.05, 0.1) is 14.2 Å². The van der Waals surface area contributed by atoms with E-state index in [-0.39, 0.29) is 5.78 Å². The molecule has 0 amide bonds. The fourth-order valence-corrected chi connectivity index (χ4v) is 2.67. The summed E-state index contributed by atoms with van der Waals surface area (Å²) in [7, 11) is 3.28. The zero-order valence-corrected chi connectivity index (χ0v) is 11.6. The van der Waals surface area contributed by atoms with Gasteiger partial charge in [-0.25, -0.2) is 0 Å². The summed E-state index contributed by atoms with van der Waals surface area (Å²) in [5, 5.41) is 0. The van der Waals surface area contributed by atoms with Gasteiger partial charge in [0, 0.05) is 11.1 Å². The molecule has 3 nitrogen and oxygen atoms in total. The molecule has 0 fully saturated rings. The highest BCUT2D eigenvalue weighted by molar-refractivity contribution is 6.11. The van der Waals surface area contributed by atoms with E-state index in [0.717, 1.165) is 46.6 Å². The molecule has 2 aromatic rings. The first kappa shape index (κ1) is 12.7. The minimum atomic E-state index is 0.0813. The SMILES string of the molecule is COc1ccc2c(c1)CCc1cc(OC)ccc1C2=O. The van der Waals surface area contributed by atoms with Gasteiger partial charge in [0.2, 0.25) is 0 Å². The molecule has 102 valence electrons. The molecule has 20 heavy (non-hydrogen) atoms. The number of carbonyl (C=O) groups is 1. The Balaban J connectivity index is 2.09. The minimum absolute atomic E-state index is 0.0813. The number of aryl methyl sites for hydroxylation is 2. The van der Waals surface area contributed by atoms with Crippen LogP contribution in [0.3, 0.4) is 0 Å². The Morgan fingerprint density at radius 3 is 1.65 bits per heavy atom. The zero-order valence-electron chi connectivity index (χ0n) is 11.6. The predicted octanol–water partition coefficient (Wildman–Crippen LogP) is 3.03. The van der Waals surface area contributed by atoms with Gasteiger partial charge in [0.15, 0.2) is 5.78 Å². The van der Waals surface area contributed by atoms with Crippen LogP contribution in [0, 0.1) is 0 Å². The average Bonchev–Trinajstić information content (AvgIpc) is 2.64. The van der Waals surface area contributed by atoms with Gasteiger partial charge in [0.25, 0.3) is 0 Å². The third-order valence-corrected chi connectivity index (χ3v) is 3.78. The average molecular weight is 268 g/mol. The number of hydrogen-bond donors (Lipinski definition) is 0. The Morgan fingerprint density at radius 1 is 0.800 bits per heavy atom. The van der Waals surface area contributed by atoms with Crippen LogP contribution in [0.2, 0.25) is 0 Å². The second kappa shape index (κ2) is 5.00. The van der Waals surface area contributed by atoms with Crippen molar-refractivity contribution in [1.29, 1.82) is 0 Å². The van der Waals surface area contributed by atoms with Gasteiger partial charge < -0.3 is 9.47 Å². The first-order chi connectivity index (χ1) is 9.72. The van der Waals surface area contributed by atoms with Crippen LogP contribution in [0.5, 0.6) is 11.5 Å². The number of rotatable bonds is 2. The Hall–Kier alpha value is -2.29. The highest BCUT2D eigenvalue weighted by Crippen LogP contribution is 2.29. The van der Waals surface area contributed by atoms with Gasteiger partial charge in [-0.3, -0.25) is 4.79 Å². The van der Waals surface area contributed by atoms with Crippen LogP contribution in [-0.2, 0) is 12.8 Å². The molecule has 1 aliphatic carbocycles. The third kappa shape index (κ3) is 2.05. The summed E-state index contributed by atoms with van der Waals surface area (Å²) in [6, 6.07) is 11.3. The molecule has 0 bridgehead atoms. The Labute approximate surface area is 118 Å². The van der Waals surface area contributed by atoms with Crippen molar-refractivity contribution >= 4 is 5.78 Å². The van der Waals surface area contributed by atoms with E-state index in [1.807, 2.05) is 36.4 Å². The number of carbonyl (C=O) groups excluding carboxylic acids is 1. The number of fused-ring (bicyclic) bond motifs is 2. The lowest BCUT2D eigenvalue weighted by molar-refractivity contribution is 0.103. The maximum absolute atomic E-state index is 12.6. The number of methoxy groups -OCH3 is 2. The van der Waals surface area contributed by atoms with Gasteiger partial charge in [-0.15, -0.1) is 0 Å². The molecule has 3 heteroatoms. The van der Waals surface area contributed by atoms with Crippen molar-refractivity contribution in [3.8, 4) is 11.5 Å². The van der Waals surface area contributed by atoms with Crippen molar-refractivity contribution in [2.75, 3.05) is 14.2 Å². The first-order valence-corrected chi connectivity index (χ1v) is 6.61. The monoisotopic (exact) mass is 268 g/mol. The molecule has 0 heterocycles. The van der Waals surface area contributed by atoms with Crippen molar-refractivity contribution in [2.24, 2.45) is 0 Å². The van der Waals surface area contributed by atoms with Crippen LogP contribution in [0.15, 0.2) is 36.4 Å². The topological polar surface area (TPSA) is 35.5 Å². The van der Waals surface area contributed by atoms with E-state index >= 15 is 0 Å². The van der Waals surface area contributed by atoms with Gasteiger partial charge >= 0.3 is 0 Å². The van der Waals surface area contributed by atoms with E-state index in [9.17, 15) is 4.79 Å². The number of ether oxygens (including phenoxy) is 2. The molecule has 3 rings (SSSR count). The maximum Gasteiger partial charge on any atom is 0.193 e. The standard InChI is InChI=1S/C17H16O3/c1-19-13-5-7-15-11(9-13)3-4-12-10-14(20-2)6-8-16(12)17(15)18/h5-10H,3-4H2,1-2H3. The molecule has 0 N–H and O–H groups in total. The molecule has 0 aliphatic heterocycles. The Bertz CT molecular complexity index is 616. The molecular formula is C17H16O3. The van der Waals surface area contributed by atoms with Crippen LogP contribution in [0.4, 0.5) is 0 Å². The van der Waals surface area contributed by atoms with Crippen LogP contribution in [-0.4, -0.2) is 20.0 Å². The summed E-state index contributed by atoms with van der Waals surface area (Å²) < 4.78 is 10.5. The molecule has 0 spiro atoms. The molecule has 0 atom stereocenters. The fourth-order valence-electron chi connectivity index (χ4n) is 2.67. The zero-order chi connectivity index (χ0) is 14.1.